The largest absolute Gasteiger partial charge is 0.788 e. The zero-order valence-corrected chi connectivity index (χ0v) is 9.94. The highest BCUT2D eigenvalue weighted by atomic mass is 35.5. The van der Waals surface area contributed by atoms with Gasteiger partial charge >= 0.3 is 0 Å². The third-order valence-corrected chi connectivity index (χ3v) is 4.41. The minimum absolute atomic E-state index is 0.0345. The quantitative estimate of drug-likeness (QED) is 0.627. The van der Waals surface area contributed by atoms with Crippen LogP contribution in [0.25, 0.3) is 10.2 Å². The summed E-state index contributed by atoms with van der Waals surface area (Å²) < 4.78 is 0. The van der Waals surface area contributed by atoms with Crippen LogP contribution in [0.2, 0.25) is 5.15 Å². The molecule has 6 heteroatoms. The van der Waals surface area contributed by atoms with Crippen LogP contribution in [0.3, 0.4) is 0 Å². The Labute approximate surface area is 101 Å². The first kappa shape index (κ1) is 10.4. The molecule has 0 aliphatic heterocycles. The zero-order chi connectivity index (χ0) is 11.1. The maximum atomic E-state index is 10.7. The summed E-state index contributed by atoms with van der Waals surface area (Å²) in [6, 6.07) is 0.0345. The molecule has 0 fully saturated rings. The van der Waals surface area contributed by atoms with Crippen molar-refractivity contribution in [3.8, 4) is 0 Å². The van der Waals surface area contributed by atoms with Gasteiger partial charge in [-0.15, -0.1) is 11.3 Å². The van der Waals surface area contributed by atoms with Crippen LogP contribution in [0.1, 0.15) is 16.9 Å². The smallest absolute Gasteiger partial charge is 0.141 e. The third kappa shape index (κ3) is 1.51. The van der Waals surface area contributed by atoms with E-state index < -0.39 is 0 Å². The molecule has 0 bridgehead atoms. The van der Waals surface area contributed by atoms with E-state index in [0.717, 1.165) is 29.5 Å². The van der Waals surface area contributed by atoms with E-state index in [9.17, 15) is 5.21 Å². The number of aryl methyl sites for hydroxylation is 1. The second-order valence-electron chi connectivity index (χ2n) is 3.91. The molecule has 1 aliphatic rings. The second kappa shape index (κ2) is 3.92. The van der Waals surface area contributed by atoms with E-state index in [1.807, 2.05) is 0 Å². The first-order valence-corrected chi connectivity index (χ1v) is 6.27. The lowest BCUT2D eigenvalue weighted by atomic mass is 9.94. The number of hydrogen-bond acceptors (Lipinski definition) is 5. The fraction of sp³-hybridized carbons (Fsp3) is 0.400. The van der Waals surface area contributed by atoms with Crippen molar-refractivity contribution in [1.29, 1.82) is 0 Å². The number of nitrogens with one attached hydrogen (secondary N) is 1. The molecular weight excluding hydrogens is 246 g/mol. The molecule has 0 saturated carbocycles. The Hall–Kier alpha value is -0.750. The van der Waals surface area contributed by atoms with Gasteiger partial charge in [-0.1, -0.05) is 11.6 Å². The molecule has 0 saturated heterocycles. The topological polar surface area (TPSA) is 60.9 Å². The number of thiophene rings is 1. The van der Waals surface area contributed by atoms with Crippen LogP contribution in [-0.4, -0.2) is 16.0 Å². The van der Waals surface area contributed by atoms with Gasteiger partial charge in [-0.25, -0.2) is 9.97 Å². The third-order valence-electron chi connectivity index (χ3n) is 2.97. The molecule has 0 amide bonds. The number of rotatable bonds is 1. The molecule has 16 heavy (non-hydrogen) atoms. The van der Waals surface area contributed by atoms with Crippen LogP contribution >= 0.6 is 22.9 Å². The van der Waals surface area contributed by atoms with Gasteiger partial charge in [0.25, 0.3) is 0 Å². The summed E-state index contributed by atoms with van der Waals surface area (Å²) in [6.07, 6.45) is 3.99. The first-order chi connectivity index (χ1) is 7.79. The predicted octanol–water partition coefficient (Wildman–Crippen LogP) is 2.29. The van der Waals surface area contributed by atoms with Crippen LogP contribution < -0.4 is 5.48 Å². The van der Waals surface area contributed by atoms with Crippen LogP contribution in [0.5, 0.6) is 0 Å². The molecule has 0 radical (unpaired) electrons. The van der Waals surface area contributed by atoms with Crippen LogP contribution in [0.4, 0.5) is 0 Å². The molecule has 2 heterocycles. The van der Waals surface area contributed by atoms with Crippen molar-refractivity contribution >= 4 is 33.2 Å². The molecule has 1 N–H and O–H groups in total. The van der Waals surface area contributed by atoms with Gasteiger partial charge in [0.05, 0.1) is 5.39 Å². The Morgan fingerprint density at radius 1 is 1.50 bits per heavy atom. The van der Waals surface area contributed by atoms with Crippen molar-refractivity contribution < 1.29 is 0 Å². The summed E-state index contributed by atoms with van der Waals surface area (Å²) in [5, 5.41) is 12.2. The fourth-order valence-corrected chi connectivity index (χ4v) is 3.74. The Kier molecular flexibility index (Phi) is 2.55. The first-order valence-electron chi connectivity index (χ1n) is 5.08. The number of fused-ring (bicyclic) bond motifs is 3. The average Bonchev–Trinajstić information content (AvgIpc) is 2.67. The molecular formula is C10H9ClN3OS-. The summed E-state index contributed by atoms with van der Waals surface area (Å²) in [7, 11) is 0. The average molecular weight is 255 g/mol. The van der Waals surface area contributed by atoms with Gasteiger partial charge in [0.2, 0.25) is 0 Å². The Bertz CT molecular complexity index is 542. The maximum absolute atomic E-state index is 10.7. The number of aromatic nitrogens is 2. The molecule has 0 spiro atoms. The van der Waals surface area contributed by atoms with E-state index >= 15 is 0 Å². The van der Waals surface area contributed by atoms with Crippen LogP contribution in [0, 0.1) is 5.21 Å². The highest BCUT2D eigenvalue weighted by Crippen LogP contribution is 2.37. The zero-order valence-electron chi connectivity index (χ0n) is 8.36. The van der Waals surface area contributed by atoms with Crippen molar-refractivity contribution in [1.82, 2.24) is 15.4 Å². The van der Waals surface area contributed by atoms with Crippen molar-refractivity contribution in [2.45, 2.75) is 25.3 Å². The predicted molar refractivity (Wildman–Crippen MR) is 64.7 cm³/mol. The molecule has 1 atom stereocenters. The minimum atomic E-state index is 0.0345. The lowest BCUT2D eigenvalue weighted by Gasteiger charge is -2.26. The minimum Gasteiger partial charge on any atom is -0.788 e. The summed E-state index contributed by atoms with van der Waals surface area (Å²) in [5.41, 5.74) is 3.32. The SMILES string of the molecule is [O-]NC1CCc2c(sc3ncnc(Cl)c23)C1. The highest BCUT2D eigenvalue weighted by Gasteiger charge is 2.22. The van der Waals surface area contributed by atoms with E-state index in [0.29, 0.717) is 5.15 Å². The van der Waals surface area contributed by atoms with Crippen molar-refractivity contribution in [2.75, 3.05) is 0 Å². The summed E-state index contributed by atoms with van der Waals surface area (Å²) in [4.78, 5) is 10.4. The second-order valence-corrected chi connectivity index (χ2v) is 5.35. The van der Waals surface area contributed by atoms with Crippen molar-refractivity contribution in [3.63, 3.8) is 0 Å². The number of hydrogen-bond donors (Lipinski definition) is 1. The molecule has 3 rings (SSSR count). The molecule has 4 nitrogen and oxygen atoms in total. The van der Waals surface area contributed by atoms with Gasteiger partial charge in [0.15, 0.2) is 0 Å². The number of halogens is 1. The van der Waals surface area contributed by atoms with Gasteiger partial charge in [-0.2, -0.15) is 0 Å². The Balaban J connectivity index is 2.17. The van der Waals surface area contributed by atoms with Gasteiger partial charge in [0.1, 0.15) is 16.3 Å². The molecule has 2 aromatic heterocycles. The van der Waals surface area contributed by atoms with E-state index in [1.54, 1.807) is 11.3 Å². The summed E-state index contributed by atoms with van der Waals surface area (Å²) in [5.74, 6) is 0. The van der Waals surface area contributed by atoms with Crippen LogP contribution in [0.15, 0.2) is 6.33 Å². The maximum Gasteiger partial charge on any atom is 0.141 e. The van der Waals surface area contributed by atoms with Crippen LogP contribution in [-0.2, 0) is 12.8 Å². The summed E-state index contributed by atoms with van der Waals surface area (Å²) in [6.45, 7) is 0. The van der Waals surface area contributed by atoms with Crippen molar-refractivity contribution in [2.24, 2.45) is 0 Å². The van der Waals surface area contributed by atoms with Gasteiger partial charge in [0, 0.05) is 10.9 Å². The standard InChI is InChI=1S/C10H9ClN3OS/c11-9-8-6-2-1-5(14-15)3-7(6)16-10(8)13-4-12-9/h4-5,14H,1-3H2/q-1. The molecule has 84 valence electrons. The van der Waals surface area contributed by atoms with E-state index in [4.69, 9.17) is 11.6 Å². The monoisotopic (exact) mass is 254 g/mol. The van der Waals surface area contributed by atoms with E-state index in [1.165, 1.54) is 16.8 Å². The number of nitrogens with zero attached hydrogens (tertiary/aromatic N) is 2. The number of hydroxylamine groups is 1. The molecule has 1 aliphatic carbocycles. The fourth-order valence-electron chi connectivity index (χ4n) is 2.17. The van der Waals surface area contributed by atoms with E-state index in [2.05, 4.69) is 15.4 Å². The highest BCUT2D eigenvalue weighted by molar-refractivity contribution is 7.19. The lowest BCUT2D eigenvalue weighted by molar-refractivity contribution is 0.521. The normalized spacial score (nSPS) is 20.0. The molecule has 1 unspecified atom stereocenters. The van der Waals surface area contributed by atoms with Gasteiger partial charge in [-0.3, -0.25) is 0 Å². The van der Waals surface area contributed by atoms with Gasteiger partial charge in [-0.05, 0) is 24.8 Å². The molecule has 0 aromatic carbocycles. The summed E-state index contributed by atoms with van der Waals surface area (Å²) >= 11 is 7.70. The Morgan fingerprint density at radius 2 is 2.38 bits per heavy atom. The van der Waals surface area contributed by atoms with Gasteiger partial charge < -0.3 is 10.7 Å². The van der Waals surface area contributed by atoms with E-state index in [-0.39, 0.29) is 6.04 Å². The van der Waals surface area contributed by atoms with Crippen molar-refractivity contribution in [3.05, 3.63) is 27.1 Å². The molecule has 2 aromatic rings. The lowest BCUT2D eigenvalue weighted by Crippen LogP contribution is -2.29. The Morgan fingerprint density at radius 3 is 3.19 bits per heavy atom.